The second-order valence-electron chi connectivity index (χ2n) is 3.47. The van der Waals surface area contributed by atoms with E-state index in [0.717, 1.165) is 14.4 Å². The van der Waals surface area contributed by atoms with Crippen LogP contribution in [0.15, 0.2) is 15.9 Å². The molecule has 0 saturated heterocycles. The molecule has 0 atom stereocenters. The molecule has 0 aromatic carbocycles. The van der Waals surface area contributed by atoms with Crippen molar-refractivity contribution in [3.05, 3.63) is 21.5 Å². The van der Waals surface area contributed by atoms with Crippen LogP contribution in [0.5, 0.6) is 0 Å². The van der Waals surface area contributed by atoms with Crippen LogP contribution in [0.1, 0.15) is 5.56 Å². The smallest absolute Gasteiger partial charge is 0.122 e. The predicted octanol–water partition coefficient (Wildman–Crippen LogP) is 2.26. The van der Waals surface area contributed by atoms with Crippen LogP contribution in [0.2, 0.25) is 0 Å². The lowest BCUT2D eigenvalue weighted by Gasteiger charge is -1.98. The summed E-state index contributed by atoms with van der Waals surface area (Å²) in [6.45, 7) is 2.51. The number of nitrogen functional groups attached to an aromatic ring is 1. The van der Waals surface area contributed by atoms with Crippen molar-refractivity contribution in [2.75, 3.05) is 12.3 Å². The van der Waals surface area contributed by atoms with E-state index in [1.54, 1.807) is 16.0 Å². The zero-order valence-electron chi connectivity index (χ0n) is 8.77. The fourth-order valence-corrected chi connectivity index (χ4v) is 2.90. The summed E-state index contributed by atoms with van der Waals surface area (Å²) in [5, 5.41) is 13.2. The molecular formula is C10H12BrN3OS. The average molecular weight is 302 g/mol. The van der Waals surface area contributed by atoms with E-state index >= 15 is 0 Å². The third kappa shape index (κ3) is 2.14. The van der Waals surface area contributed by atoms with Gasteiger partial charge in [0, 0.05) is 6.07 Å². The van der Waals surface area contributed by atoms with Gasteiger partial charge in [-0.25, -0.2) is 4.68 Å². The molecule has 2 aromatic heterocycles. The Morgan fingerprint density at radius 1 is 1.56 bits per heavy atom. The minimum atomic E-state index is 0.0402. The van der Waals surface area contributed by atoms with Crippen molar-refractivity contribution in [1.82, 2.24) is 9.78 Å². The lowest BCUT2D eigenvalue weighted by atomic mass is 10.3. The first-order chi connectivity index (χ1) is 7.61. The van der Waals surface area contributed by atoms with Gasteiger partial charge >= 0.3 is 0 Å². The van der Waals surface area contributed by atoms with Gasteiger partial charge in [0.1, 0.15) is 11.5 Å². The number of halogens is 1. The minimum Gasteiger partial charge on any atom is -0.394 e. The molecule has 0 unspecified atom stereocenters. The molecule has 16 heavy (non-hydrogen) atoms. The number of aliphatic hydroxyl groups is 1. The number of aryl methyl sites for hydroxylation is 1. The Kier molecular flexibility index (Phi) is 3.32. The molecule has 0 spiro atoms. The molecule has 0 aliphatic rings. The van der Waals surface area contributed by atoms with Crippen LogP contribution in [-0.4, -0.2) is 21.5 Å². The lowest BCUT2D eigenvalue weighted by Crippen LogP contribution is -2.07. The maximum absolute atomic E-state index is 8.85. The molecule has 0 fully saturated rings. The van der Waals surface area contributed by atoms with E-state index in [4.69, 9.17) is 10.8 Å². The van der Waals surface area contributed by atoms with Gasteiger partial charge in [0.05, 0.1) is 21.8 Å². The van der Waals surface area contributed by atoms with Gasteiger partial charge in [0.2, 0.25) is 0 Å². The van der Waals surface area contributed by atoms with Crippen LogP contribution in [-0.2, 0) is 6.54 Å². The zero-order chi connectivity index (χ0) is 11.7. The van der Waals surface area contributed by atoms with Crippen LogP contribution >= 0.6 is 27.3 Å². The number of nitrogens with zero attached hydrogens (tertiary/aromatic N) is 2. The third-order valence-electron chi connectivity index (χ3n) is 2.23. The van der Waals surface area contributed by atoms with Gasteiger partial charge in [0.25, 0.3) is 0 Å². The molecule has 0 aliphatic heterocycles. The van der Waals surface area contributed by atoms with Crippen molar-refractivity contribution < 1.29 is 5.11 Å². The molecule has 4 nitrogen and oxygen atoms in total. The maximum Gasteiger partial charge on any atom is 0.122 e. The maximum atomic E-state index is 8.85. The second-order valence-corrected chi connectivity index (χ2v) is 5.84. The summed E-state index contributed by atoms with van der Waals surface area (Å²) in [7, 11) is 0. The summed E-state index contributed by atoms with van der Waals surface area (Å²) in [6, 6.07) is 3.90. The van der Waals surface area contributed by atoms with Gasteiger partial charge in [-0.3, -0.25) is 0 Å². The molecule has 2 heterocycles. The molecule has 0 bridgehead atoms. The molecule has 3 N–H and O–H groups in total. The molecule has 86 valence electrons. The van der Waals surface area contributed by atoms with Gasteiger partial charge in [-0.05, 0) is 34.5 Å². The van der Waals surface area contributed by atoms with Crippen LogP contribution < -0.4 is 5.73 Å². The van der Waals surface area contributed by atoms with E-state index in [0.29, 0.717) is 12.4 Å². The summed E-state index contributed by atoms with van der Waals surface area (Å²) in [5.74, 6) is 0.575. The zero-order valence-corrected chi connectivity index (χ0v) is 11.2. The predicted molar refractivity (Wildman–Crippen MR) is 69.5 cm³/mol. The quantitative estimate of drug-likeness (QED) is 0.914. The van der Waals surface area contributed by atoms with Crippen molar-refractivity contribution >= 4 is 33.1 Å². The van der Waals surface area contributed by atoms with Crippen molar-refractivity contribution in [2.24, 2.45) is 0 Å². The topological polar surface area (TPSA) is 64.1 Å². The molecule has 2 rings (SSSR count). The highest BCUT2D eigenvalue weighted by atomic mass is 79.9. The van der Waals surface area contributed by atoms with Gasteiger partial charge in [0.15, 0.2) is 0 Å². The van der Waals surface area contributed by atoms with Crippen molar-refractivity contribution in [3.8, 4) is 10.6 Å². The summed E-state index contributed by atoms with van der Waals surface area (Å²) >= 11 is 5.11. The molecular weight excluding hydrogens is 290 g/mol. The highest BCUT2D eigenvalue weighted by Gasteiger charge is 2.10. The van der Waals surface area contributed by atoms with Crippen molar-refractivity contribution in [2.45, 2.75) is 13.5 Å². The number of aliphatic hydroxyl groups excluding tert-OH is 1. The van der Waals surface area contributed by atoms with Gasteiger partial charge < -0.3 is 10.8 Å². The Morgan fingerprint density at radius 2 is 2.31 bits per heavy atom. The molecule has 2 aromatic rings. The first-order valence-electron chi connectivity index (χ1n) is 4.82. The first-order valence-corrected chi connectivity index (χ1v) is 6.43. The summed E-state index contributed by atoms with van der Waals surface area (Å²) < 4.78 is 2.72. The van der Waals surface area contributed by atoms with Gasteiger partial charge in [-0.15, -0.1) is 11.3 Å². The van der Waals surface area contributed by atoms with E-state index in [2.05, 4.69) is 27.1 Å². The number of hydrogen-bond donors (Lipinski definition) is 2. The number of anilines is 1. The second kappa shape index (κ2) is 4.57. The van der Waals surface area contributed by atoms with Gasteiger partial charge in [-0.1, -0.05) is 0 Å². The monoisotopic (exact) mass is 301 g/mol. The minimum absolute atomic E-state index is 0.0402. The van der Waals surface area contributed by atoms with Crippen LogP contribution in [0.4, 0.5) is 5.82 Å². The highest BCUT2D eigenvalue weighted by Crippen LogP contribution is 2.34. The Hall–Kier alpha value is -0.850. The normalized spacial score (nSPS) is 10.9. The van der Waals surface area contributed by atoms with Crippen molar-refractivity contribution in [3.63, 3.8) is 0 Å². The highest BCUT2D eigenvalue weighted by molar-refractivity contribution is 9.11. The number of aromatic nitrogens is 2. The van der Waals surface area contributed by atoms with Crippen LogP contribution in [0.25, 0.3) is 10.6 Å². The molecule has 0 saturated carbocycles. The Balaban J connectivity index is 2.37. The Labute approximate surface area is 106 Å². The van der Waals surface area contributed by atoms with E-state index in [1.165, 1.54) is 5.56 Å². The van der Waals surface area contributed by atoms with Crippen molar-refractivity contribution in [1.29, 1.82) is 0 Å². The SMILES string of the molecule is Cc1cc(-c2cc(N)n(CCO)n2)sc1Br. The Bertz CT molecular complexity index is 487. The molecule has 0 radical (unpaired) electrons. The summed E-state index contributed by atoms with van der Waals surface area (Å²) in [6.07, 6.45) is 0. The standard InChI is InChI=1S/C10H12BrN3OS/c1-6-4-8(16-10(6)11)7-5-9(12)14(13-7)2-3-15/h4-5,15H,2-3,12H2,1H3. The van der Waals surface area contributed by atoms with E-state index in [-0.39, 0.29) is 6.61 Å². The van der Waals surface area contributed by atoms with E-state index in [9.17, 15) is 0 Å². The van der Waals surface area contributed by atoms with E-state index < -0.39 is 0 Å². The van der Waals surface area contributed by atoms with Crippen LogP contribution in [0.3, 0.4) is 0 Å². The molecule has 6 heteroatoms. The molecule has 0 amide bonds. The fraction of sp³-hybridized carbons (Fsp3) is 0.300. The van der Waals surface area contributed by atoms with Gasteiger partial charge in [-0.2, -0.15) is 5.10 Å². The fourth-order valence-electron chi connectivity index (χ4n) is 1.41. The summed E-state index contributed by atoms with van der Waals surface area (Å²) in [4.78, 5) is 1.08. The lowest BCUT2D eigenvalue weighted by molar-refractivity contribution is 0.270. The number of thiophene rings is 1. The largest absolute Gasteiger partial charge is 0.394 e. The van der Waals surface area contributed by atoms with Crippen LogP contribution in [0, 0.1) is 6.92 Å². The van der Waals surface area contributed by atoms with E-state index in [1.807, 2.05) is 13.0 Å². The average Bonchev–Trinajstić information content (AvgIpc) is 2.74. The number of rotatable bonds is 3. The first kappa shape index (κ1) is 11.6. The molecule has 0 aliphatic carbocycles. The summed E-state index contributed by atoms with van der Waals surface area (Å²) in [5.41, 5.74) is 7.83. The third-order valence-corrected chi connectivity index (χ3v) is 4.39. The number of hydrogen-bond acceptors (Lipinski definition) is 4. The number of nitrogens with two attached hydrogens (primary N) is 1. The Morgan fingerprint density at radius 3 is 2.88 bits per heavy atom.